The van der Waals surface area contributed by atoms with E-state index in [1.807, 2.05) is 32.9 Å². The largest absolute Gasteiger partial charge is 0.493 e. The molecule has 0 heterocycles. The molecule has 116 valence electrons. The topological polar surface area (TPSA) is 47.6 Å². The second-order valence-corrected chi connectivity index (χ2v) is 5.13. The van der Waals surface area contributed by atoms with Crippen LogP contribution in [0.5, 0.6) is 11.5 Å². The van der Waals surface area contributed by atoms with Crippen molar-refractivity contribution in [1.29, 1.82) is 0 Å². The van der Waals surface area contributed by atoms with Crippen molar-refractivity contribution < 1.29 is 14.3 Å². The fourth-order valence-electron chi connectivity index (χ4n) is 2.33. The van der Waals surface area contributed by atoms with Crippen molar-refractivity contribution in [2.75, 3.05) is 19.0 Å². The lowest BCUT2D eigenvalue weighted by atomic mass is 10.1. The van der Waals surface area contributed by atoms with Crippen molar-refractivity contribution in [2.24, 2.45) is 0 Å². The first-order valence-corrected chi connectivity index (χ1v) is 7.24. The minimum atomic E-state index is -0.175. The third-order valence-corrected chi connectivity index (χ3v) is 3.21. The Labute approximate surface area is 131 Å². The number of rotatable bonds is 5. The Kier molecular flexibility index (Phi) is 5.04. The SMILES string of the molecule is CCOc1ccc(C(=O)Nc2cc(C)cc(C)c2)cc1OC. The molecular weight excluding hydrogens is 278 g/mol. The van der Waals surface area contributed by atoms with Crippen molar-refractivity contribution in [3.05, 3.63) is 53.1 Å². The summed E-state index contributed by atoms with van der Waals surface area (Å²) < 4.78 is 10.7. The van der Waals surface area contributed by atoms with E-state index in [9.17, 15) is 4.79 Å². The van der Waals surface area contributed by atoms with E-state index >= 15 is 0 Å². The molecule has 0 spiro atoms. The van der Waals surface area contributed by atoms with E-state index < -0.39 is 0 Å². The predicted molar refractivity (Wildman–Crippen MR) is 88.0 cm³/mol. The molecule has 1 N–H and O–H groups in total. The van der Waals surface area contributed by atoms with E-state index in [4.69, 9.17) is 9.47 Å². The Hall–Kier alpha value is -2.49. The van der Waals surface area contributed by atoms with E-state index in [0.717, 1.165) is 16.8 Å². The zero-order chi connectivity index (χ0) is 16.1. The Bertz CT molecular complexity index is 660. The number of methoxy groups -OCH3 is 1. The third-order valence-electron chi connectivity index (χ3n) is 3.21. The van der Waals surface area contributed by atoms with Crippen LogP contribution in [0.15, 0.2) is 36.4 Å². The van der Waals surface area contributed by atoms with Gasteiger partial charge in [0.15, 0.2) is 11.5 Å². The molecule has 0 fully saturated rings. The van der Waals surface area contributed by atoms with Crippen molar-refractivity contribution in [2.45, 2.75) is 20.8 Å². The summed E-state index contributed by atoms with van der Waals surface area (Å²) in [6.45, 7) is 6.45. The number of nitrogens with one attached hydrogen (secondary N) is 1. The van der Waals surface area contributed by atoms with Crippen LogP contribution >= 0.6 is 0 Å². The monoisotopic (exact) mass is 299 g/mol. The predicted octanol–water partition coefficient (Wildman–Crippen LogP) is 3.96. The minimum Gasteiger partial charge on any atom is -0.493 e. The lowest BCUT2D eigenvalue weighted by Gasteiger charge is -2.12. The summed E-state index contributed by atoms with van der Waals surface area (Å²) in [7, 11) is 1.56. The number of carbonyl (C=O) groups excluding carboxylic acids is 1. The van der Waals surface area contributed by atoms with Crippen LogP contribution in [-0.4, -0.2) is 19.6 Å². The summed E-state index contributed by atoms with van der Waals surface area (Å²) in [4.78, 5) is 12.4. The molecular formula is C18H21NO3. The molecule has 0 aromatic heterocycles. The first-order valence-electron chi connectivity index (χ1n) is 7.24. The van der Waals surface area contributed by atoms with Gasteiger partial charge in [0.1, 0.15) is 0 Å². The smallest absolute Gasteiger partial charge is 0.255 e. The molecule has 22 heavy (non-hydrogen) atoms. The van der Waals surface area contributed by atoms with E-state index in [-0.39, 0.29) is 5.91 Å². The number of benzene rings is 2. The molecule has 2 aromatic rings. The summed E-state index contributed by atoms with van der Waals surface area (Å²) in [5.41, 5.74) is 3.54. The standard InChI is InChI=1S/C18H21NO3/c1-5-22-16-7-6-14(11-17(16)21-4)18(20)19-15-9-12(2)8-13(3)10-15/h6-11H,5H2,1-4H3,(H,19,20). The van der Waals surface area contributed by atoms with Crippen LogP contribution in [0, 0.1) is 13.8 Å². The first kappa shape index (κ1) is 15.9. The number of hydrogen-bond donors (Lipinski definition) is 1. The van der Waals surface area contributed by atoms with Gasteiger partial charge in [0.05, 0.1) is 13.7 Å². The van der Waals surface area contributed by atoms with Crippen LogP contribution < -0.4 is 14.8 Å². The van der Waals surface area contributed by atoms with Crippen LogP contribution in [0.25, 0.3) is 0 Å². The highest BCUT2D eigenvalue weighted by molar-refractivity contribution is 6.04. The number of ether oxygens (including phenoxy) is 2. The lowest BCUT2D eigenvalue weighted by Crippen LogP contribution is -2.12. The van der Waals surface area contributed by atoms with Crippen LogP contribution in [-0.2, 0) is 0 Å². The highest BCUT2D eigenvalue weighted by atomic mass is 16.5. The third kappa shape index (κ3) is 3.79. The van der Waals surface area contributed by atoms with Crippen LogP contribution in [0.3, 0.4) is 0 Å². The van der Waals surface area contributed by atoms with E-state index in [1.54, 1.807) is 25.3 Å². The van der Waals surface area contributed by atoms with Crippen LogP contribution in [0.4, 0.5) is 5.69 Å². The lowest BCUT2D eigenvalue weighted by molar-refractivity contribution is 0.102. The summed E-state index contributed by atoms with van der Waals surface area (Å²) in [5.74, 6) is 1.01. The van der Waals surface area contributed by atoms with Gasteiger partial charge >= 0.3 is 0 Å². The molecule has 0 aliphatic rings. The highest BCUT2D eigenvalue weighted by Crippen LogP contribution is 2.28. The fourth-order valence-corrected chi connectivity index (χ4v) is 2.33. The molecule has 0 radical (unpaired) electrons. The number of amides is 1. The zero-order valence-corrected chi connectivity index (χ0v) is 13.4. The van der Waals surface area contributed by atoms with Gasteiger partial charge in [-0.25, -0.2) is 0 Å². The molecule has 4 nitrogen and oxygen atoms in total. The molecule has 0 aliphatic heterocycles. The van der Waals surface area contributed by atoms with Gasteiger partial charge in [-0.15, -0.1) is 0 Å². The molecule has 4 heteroatoms. The van der Waals surface area contributed by atoms with Gasteiger partial charge in [-0.05, 0) is 62.2 Å². The van der Waals surface area contributed by atoms with Gasteiger partial charge in [-0.1, -0.05) is 6.07 Å². The van der Waals surface area contributed by atoms with Gasteiger partial charge < -0.3 is 14.8 Å². The molecule has 2 aromatic carbocycles. The van der Waals surface area contributed by atoms with Crippen molar-refractivity contribution in [3.8, 4) is 11.5 Å². The number of aryl methyl sites for hydroxylation is 2. The van der Waals surface area contributed by atoms with Gasteiger partial charge in [0.25, 0.3) is 5.91 Å². The van der Waals surface area contributed by atoms with Gasteiger partial charge in [-0.3, -0.25) is 4.79 Å². The van der Waals surface area contributed by atoms with Gasteiger partial charge in [0, 0.05) is 11.3 Å². The minimum absolute atomic E-state index is 0.175. The highest BCUT2D eigenvalue weighted by Gasteiger charge is 2.11. The Morgan fingerprint density at radius 3 is 2.32 bits per heavy atom. The van der Waals surface area contributed by atoms with Crippen molar-refractivity contribution in [1.82, 2.24) is 0 Å². The molecule has 0 unspecified atom stereocenters. The Morgan fingerprint density at radius 2 is 1.73 bits per heavy atom. The zero-order valence-electron chi connectivity index (χ0n) is 13.4. The molecule has 0 saturated carbocycles. The average molecular weight is 299 g/mol. The maximum Gasteiger partial charge on any atom is 0.255 e. The molecule has 0 bridgehead atoms. The first-order chi connectivity index (χ1) is 10.5. The molecule has 1 amide bonds. The summed E-state index contributed by atoms with van der Waals surface area (Å²) in [5, 5.41) is 2.91. The quantitative estimate of drug-likeness (QED) is 0.909. The summed E-state index contributed by atoms with van der Waals surface area (Å²) in [6.07, 6.45) is 0. The second kappa shape index (κ2) is 6.98. The van der Waals surface area contributed by atoms with Crippen LogP contribution in [0.2, 0.25) is 0 Å². The molecule has 0 atom stereocenters. The van der Waals surface area contributed by atoms with E-state index in [0.29, 0.717) is 23.7 Å². The summed E-state index contributed by atoms with van der Waals surface area (Å²) in [6, 6.07) is 11.1. The Balaban J connectivity index is 2.22. The van der Waals surface area contributed by atoms with Crippen molar-refractivity contribution >= 4 is 11.6 Å². The van der Waals surface area contributed by atoms with Gasteiger partial charge in [0.2, 0.25) is 0 Å². The maximum absolute atomic E-state index is 12.4. The normalized spacial score (nSPS) is 10.2. The maximum atomic E-state index is 12.4. The molecule has 2 rings (SSSR count). The van der Waals surface area contributed by atoms with E-state index in [2.05, 4.69) is 11.4 Å². The van der Waals surface area contributed by atoms with Gasteiger partial charge in [-0.2, -0.15) is 0 Å². The number of anilines is 1. The Morgan fingerprint density at radius 1 is 1.05 bits per heavy atom. The average Bonchev–Trinajstić information content (AvgIpc) is 2.46. The van der Waals surface area contributed by atoms with Crippen molar-refractivity contribution in [3.63, 3.8) is 0 Å². The second-order valence-electron chi connectivity index (χ2n) is 5.13. The number of hydrogen-bond acceptors (Lipinski definition) is 3. The van der Waals surface area contributed by atoms with E-state index in [1.165, 1.54) is 0 Å². The molecule has 0 saturated heterocycles. The summed E-state index contributed by atoms with van der Waals surface area (Å²) >= 11 is 0. The molecule has 0 aliphatic carbocycles. The fraction of sp³-hybridized carbons (Fsp3) is 0.278. The van der Waals surface area contributed by atoms with Crippen LogP contribution in [0.1, 0.15) is 28.4 Å². The number of carbonyl (C=O) groups is 1.